The van der Waals surface area contributed by atoms with Crippen molar-refractivity contribution < 1.29 is 0 Å². The second kappa shape index (κ2) is 4.58. The lowest BCUT2D eigenvalue weighted by Gasteiger charge is -2.47. The van der Waals surface area contributed by atoms with E-state index in [0.29, 0.717) is 17.1 Å². The Morgan fingerprint density at radius 1 is 1.00 bits per heavy atom. The highest BCUT2D eigenvalue weighted by Gasteiger charge is 2.37. The highest BCUT2D eigenvalue weighted by molar-refractivity contribution is 6.16. The van der Waals surface area contributed by atoms with E-state index in [4.69, 9.17) is 0 Å². The van der Waals surface area contributed by atoms with Crippen LogP contribution in [0.3, 0.4) is 0 Å². The maximum Gasteiger partial charge on any atom is 0.0307 e. The molecule has 80 valence electrons. The van der Waals surface area contributed by atoms with Crippen LogP contribution in [0.2, 0.25) is 0 Å². The summed E-state index contributed by atoms with van der Waals surface area (Å²) in [5.74, 6) is 0.714. The molecule has 0 rings (SSSR count). The van der Waals surface area contributed by atoms with Gasteiger partial charge in [0.25, 0.3) is 0 Å². The molecule has 0 spiro atoms. The van der Waals surface area contributed by atoms with Gasteiger partial charge in [0.15, 0.2) is 0 Å². The number of hydrogen-bond donors (Lipinski definition) is 0. The van der Waals surface area contributed by atoms with Crippen LogP contribution in [0.25, 0.3) is 0 Å². The van der Waals surface area contributed by atoms with Crippen molar-refractivity contribution in [1.29, 1.82) is 0 Å². The van der Waals surface area contributed by atoms with Crippen LogP contribution in [0.5, 0.6) is 0 Å². The Morgan fingerprint density at radius 2 is 1.38 bits per heavy atom. The van der Waals surface area contributed by atoms with Crippen molar-refractivity contribution in [2.45, 2.75) is 32.0 Å². The molecule has 2 nitrogen and oxygen atoms in total. The quantitative estimate of drug-likeness (QED) is 0.602. The van der Waals surface area contributed by atoms with Crippen LogP contribution in [0, 0.1) is 5.92 Å². The van der Waals surface area contributed by atoms with Gasteiger partial charge in [0.2, 0.25) is 0 Å². The Bertz CT molecular complexity index is 147. The zero-order chi connectivity index (χ0) is 10.8. The molecule has 2 unspecified atom stereocenters. The first-order valence-corrected chi connectivity index (χ1v) is 6.08. The molecular formula is C10H26N2Si. The van der Waals surface area contributed by atoms with E-state index < -0.39 is 0 Å². The van der Waals surface area contributed by atoms with Gasteiger partial charge in [-0.25, -0.2) is 0 Å². The third-order valence-electron chi connectivity index (χ3n) is 3.75. The zero-order valence-corrected chi connectivity index (χ0v) is 12.5. The van der Waals surface area contributed by atoms with E-state index in [1.165, 1.54) is 10.2 Å². The van der Waals surface area contributed by atoms with Gasteiger partial charge in [-0.2, -0.15) is 0 Å². The summed E-state index contributed by atoms with van der Waals surface area (Å²) in [5.41, 5.74) is 0. The minimum atomic E-state index is 0.378. The summed E-state index contributed by atoms with van der Waals surface area (Å²) in [6.45, 7) is 6.98. The summed E-state index contributed by atoms with van der Waals surface area (Å²) in [6, 6.07) is 0.620. The Morgan fingerprint density at radius 3 is 1.46 bits per heavy atom. The molecule has 3 heteroatoms. The largest absolute Gasteiger partial charge is 0.306 e. The first kappa shape index (κ1) is 13.1. The van der Waals surface area contributed by atoms with Gasteiger partial charge in [-0.1, -0.05) is 13.8 Å². The highest BCUT2D eigenvalue weighted by Crippen LogP contribution is 2.25. The standard InChI is InChI=1S/C10H26N2Si/c1-8(2)10(13,12(6)7)9(3)11(4)5/h8-9H,1-7,13H3. The van der Waals surface area contributed by atoms with E-state index in [9.17, 15) is 0 Å². The molecule has 0 aromatic rings. The van der Waals surface area contributed by atoms with E-state index in [1.54, 1.807) is 0 Å². The summed E-state index contributed by atoms with van der Waals surface area (Å²) < 4.78 is 0. The van der Waals surface area contributed by atoms with E-state index in [0.717, 1.165) is 0 Å². The molecule has 13 heavy (non-hydrogen) atoms. The molecule has 2 atom stereocenters. The van der Waals surface area contributed by atoms with Crippen LogP contribution >= 0.6 is 0 Å². The number of likely N-dealkylation sites (N-methyl/N-ethyl adjacent to an activating group) is 2. The molecule has 0 saturated heterocycles. The molecule has 0 aliphatic rings. The van der Waals surface area contributed by atoms with Crippen LogP contribution in [0.1, 0.15) is 20.8 Å². The lowest BCUT2D eigenvalue weighted by Crippen LogP contribution is -2.61. The molecule has 0 amide bonds. The van der Waals surface area contributed by atoms with Crippen molar-refractivity contribution in [2.24, 2.45) is 5.92 Å². The Labute approximate surface area is 86.7 Å². The van der Waals surface area contributed by atoms with Gasteiger partial charge >= 0.3 is 0 Å². The van der Waals surface area contributed by atoms with Crippen LogP contribution in [0.15, 0.2) is 0 Å². The van der Waals surface area contributed by atoms with Gasteiger partial charge < -0.3 is 9.80 Å². The predicted octanol–water partition coefficient (Wildman–Crippen LogP) is 0.216. The molecule has 0 bridgehead atoms. The van der Waals surface area contributed by atoms with E-state index >= 15 is 0 Å². The molecular weight excluding hydrogens is 176 g/mol. The molecule has 0 heterocycles. The first-order valence-electron chi connectivity index (χ1n) is 5.08. The second-order valence-electron chi connectivity index (χ2n) is 4.91. The van der Waals surface area contributed by atoms with Gasteiger partial charge in [-0.3, -0.25) is 0 Å². The Hall–Kier alpha value is 0.137. The van der Waals surface area contributed by atoms with Crippen molar-refractivity contribution in [1.82, 2.24) is 9.80 Å². The maximum atomic E-state index is 2.40. The summed E-state index contributed by atoms with van der Waals surface area (Å²) in [4.78, 5) is 4.72. The first-order chi connectivity index (χ1) is 5.74. The lowest BCUT2D eigenvalue weighted by molar-refractivity contribution is 0.0881. The normalized spacial score (nSPS) is 19.8. The molecule has 0 saturated carbocycles. The molecule has 0 aromatic carbocycles. The highest BCUT2D eigenvalue weighted by atomic mass is 28.1. The number of nitrogens with zero attached hydrogens (tertiary/aromatic N) is 2. The van der Waals surface area contributed by atoms with Gasteiger partial charge in [-0.15, -0.1) is 0 Å². The molecule has 0 aliphatic heterocycles. The smallest absolute Gasteiger partial charge is 0.0307 e. The third kappa shape index (κ3) is 2.54. The molecule has 0 fully saturated rings. The Kier molecular flexibility index (Phi) is 4.62. The monoisotopic (exact) mass is 202 g/mol. The van der Waals surface area contributed by atoms with Gasteiger partial charge in [-0.05, 0) is 41.0 Å². The predicted molar refractivity (Wildman–Crippen MR) is 64.3 cm³/mol. The average Bonchev–Trinajstić information content (AvgIpc) is 2.00. The molecule has 0 aromatic heterocycles. The SMILES string of the molecule is CC(C)C([SiH3])(C(C)N(C)C)N(C)C. The van der Waals surface area contributed by atoms with Crippen molar-refractivity contribution in [3.63, 3.8) is 0 Å². The van der Waals surface area contributed by atoms with E-state index in [2.05, 4.69) is 58.8 Å². The van der Waals surface area contributed by atoms with Gasteiger partial charge in [0, 0.05) is 21.4 Å². The van der Waals surface area contributed by atoms with Crippen molar-refractivity contribution in [3.05, 3.63) is 0 Å². The zero-order valence-electron chi connectivity index (χ0n) is 10.5. The topological polar surface area (TPSA) is 6.48 Å². The van der Waals surface area contributed by atoms with Crippen LogP contribution in [-0.4, -0.2) is 59.4 Å². The number of rotatable bonds is 4. The average molecular weight is 202 g/mol. The van der Waals surface area contributed by atoms with Gasteiger partial charge in [0.1, 0.15) is 0 Å². The second-order valence-corrected chi connectivity index (χ2v) is 6.52. The minimum Gasteiger partial charge on any atom is -0.306 e. The fourth-order valence-electron chi connectivity index (χ4n) is 1.90. The summed E-state index contributed by atoms with van der Waals surface area (Å²) in [7, 11) is 9.95. The maximum absolute atomic E-state index is 2.40. The molecule has 0 N–H and O–H groups in total. The molecule has 0 aliphatic carbocycles. The fraction of sp³-hybridized carbons (Fsp3) is 1.00. The fourth-order valence-corrected chi connectivity index (χ4v) is 2.41. The van der Waals surface area contributed by atoms with Crippen molar-refractivity contribution >= 4 is 10.2 Å². The summed E-state index contributed by atoms with van der Waals surface area (Å²) in [5, 5.41) is 0.378. The minimum absolute atomic E-state index is 0.378. The van der Waals surface area contributed by atoms with Gasteiger partial charge in [0.05, 0.1) is 0 Å². The van der Waals surface area contributed by atoms with Crippen LogP contribution in [-0.2, 0) is 0 Å². The molecule has 0 radical (unpaired) electrons. The summed E-state index contributed by atoms with van der Waals surface area (Å²) in [6.07, 6.45) is 0. The third-order valence-corrected chi connectivity index (χ3v) is 6.64. The van der Waals surface area contributed by atoms with E-state index in [1.807, 2.05) is 0 Å². The summed E-state index contributed by atoms with van der Waals surface area (Å²) >= 11 is 0. The van der Waals surface area contributed by atoms with Crippen molar-refractivity contribution in [2.75, 3.05) is 28.2 Å². The Balaban J connectivity index is 4.79. The van der Waals surface area contributed by atoms with E-state index in [-0.39, 0.29) is 0 Å². The van der Waals surface area contributed by atoms with Crippen molar-refractivity contribution in [3.8, 4) is 0 Å². The van der Waals surface area contributed by atoms with Crippen LogP contribution in [0.4, 0.5) is 0 Å². The number of hydrogen-bond acceptors (Lipinski definition) is 2. The van der Waals surface area contributed by atoms with Crippen LogP contribution < -0.4 is 0 Å². The lowest BCUT2D eigenvalue weighted by atomic mass is 9.94.